The van der Waals surface area contributed by atoms with Crippen molar-refractivity contribution >= 4 is 52.8 Å². The highest BCUT2D eigenvalue weighted by Crippen LogP contribution is 2.42. The molecule has 0 radical (unpaired) electrons. The van der Waals surface area contributed by atoms with E-state index >= 15 is 0 Å². The van der Waals surface area contributed by atoms with Gasteiger partial charge in [-0.3, -0.25) is 9.69 Å². The second-order valence-electron chi connectivity index (χ2n) is 10.5. The lowest BCUT2D eigenvalue weighted by atomic mass is 10.0. The minimum Gasteiger partial charge on any atom is -0.448 e. The van der Waals surface area contributed by atoms with Crippen LogP contribution in [0.5, 0.6) is 0 Å². The van der Waals surface area contributed by atoms with Crippen LogP contribution in [-0.2, 0) is 19.1 Å². The molecular formula is C30H30N4O5S3. The van der Waals surface area contributed by atoms with Crippen molar-refractivity contribution in [3.05, 3.63) is 99.6 Å². The highest BCUT2D eigenvalue weighted by Gasteiger charge is 2.54. The molecule has 2 unspecified atom stereocenters. The van der Waals surface area contributed by atoms with Gasteiger partial charge in [0.2, 0.25) is 0 Å². The zero-order valence-electron chi connectivity index (χ0n) is 23.5. The van der Waals surface area contributed by atoms with Gasteiger partial charge in [-0.25, -0.2) is 9.59 Å². The Morgan fingerprint density at radius 2 is 1.71 bits per heavy atom. The van der Waals surface area contributed by atoms with E-state index in [9.17, 15) is 14.4 Å². The van der Waals surface area contributed by atoms with Crippen molar-refractivity contribution in [2.24, 2.45) is 0 Å². The Morgan fingerprint density at radius 1 is 1.07 bits per heavy atom. The lowest BCUT2D eigenvalue weighted by Gasteiger charge is -2.49. The van der Waals surface area contributed by atoms with Gasteiger partial charge in [-0.2, -0.15) is 0 Å². The Hall–Kier alpha value is -3.61. The predicted octanol–water partition coefficient (Wildman–Crippen LogP) is 5.85. The summed E-state index contributed by atoms with van der Waals surface area (Å²) in [6, 6.07) is 18.1. The van der Waals surface area contributed by atoms with E-state index in [1.807, 2.05) is 79.1 Å². The van der Waals surface area contributed by atoms with Crippen molar-refractivity contribution in [2.45, 2.75) is 55.2 Å². The molecule has 0 spiro atoms. The molecule has 0 saturated carbocycles. The first kappa shape index (κ1) is 29.9. The predicted molar refractivity (Wildman–Crippen MR) is 164 cm³/mol. The maximum absolute atomic E-state index is 14.0. The summed E-state index contributed by atoms with van der Waals surface area (Å²) < 4.78 is 12.3. The fourth-order valence-corrected chi connectivity index (χ4v) is 7.33. The maximum Gasteiger partial charge on any atom is 0.408 e. The molecular weight excluding hydrogens is 593 g/mol. The molecule has 5 rings (SSSR count). The average molecular weight is 623 g/mol. The third-order valence-corrected chi connectivity index (χ3v) is 9.27. The van der Waals surface area contributed by atoms with E-state index in [0.29, 0.717) is 11.3 Å². The second kappa shape index (κ2) is 12.7. The van der Waals surface area contributed by atoms with Crippen molar-refractivity contribution in [1.82, 2.24) is 20.4 Å². The highest BCUT2D eigenvalue weighted by atomic mass is 32.2. The Kier molecular flexibility index (Phi) is 9.05. The monoisotopic (exact) mass is 622 g/mol. The lowest BCUT2D eigenvalue weighted by molar-refractivity contribution is -0.153. The number of esters is 1. The molecule has 3 heterocycles. The van der Waals surface area contributed by atoms with E-state index in [2.05, 4.69) is 15.5 Å². The lowest BCUT2D eigenvalue weighted by Crippen LogP contribution is -2.70. The van der Waals surface area contributed by atoms with Gasteiger partial charge in [0.25, 0.3) is 5.91 Å². The Balaban J connectivity index is 1.44. The number of nitrogens with zero attached hydrogens (tertiary/aromatic N) is 3. The fraction of sp³-hybridized carbons (Fsp3) is 0.300. The number of aryl methyl sites for hydroxylation is 1. The van der Waals surface area contributed by atoms with E-state index < -0.39 is 41.1 Å². The summed E-state index contributed by atoms with van der Waals surface area (Å²) >= 11 is 4.31. The highest BCUT2D eigenvalue weighted by molar-refractivity contribution is 8.03. The molecule has 1 saturated heterocycles. The largest absolute Gasteiger partial charge is 0.448 e. The van der Waals surface area contributed by atoms with Crippen LogP contribution in [0, 0.1) is 6.92 Å². The smallest absolute Gasteiger partial charge is 0.408 e. The molecule has 2 aromatic carbocycles. The molecule has 9 nitrogen and oxygen atoms in total. The van der Waals surface area contributed by atoms with Crippen LogP contribution in [0.3, 0.4) is 0 Å². The molecule has 12 heteroatoms. The number of ether oxygens (including phenoxy) is 2. The fourth-order valence-electron chi connectivity index (χ4n) is 4.44. The van der Waals surface area contributed by atoms with Crippen molar-refractivity contribution in [3.8, 4) is 0 Å². The third-order valence-electron chi connectivity index (χ3n) is 6.24. The summed E-state index contributed by atoms with van der Waals surface area (Å²) in [6.07, 6.45) is 0.441. The van der Waals surface area contributed by atoms with Gasteiger partial charge in [0.15, 0.2) is 10.4 Å². The number of aromatic nitrogens is 2. The first-order valence-electron chi connectivity index (χ1n) is 13.2. The van der Waals surface area contributed by atoms with Crippen molar-refractivity contribution in [2.75, 3.05) is 5.75 Å². The van der Waals surface area contributed by atoms with Crippen molar-refractivity contribution < 1.29 is 23.9 Å². The molecule has 3 aromatic rings. The Morgan fingerprint density at radius 3 is 2.29 bits per heavy atom. The van der Waals surface area contributed by atoms with E-state index in [1.54, 1.807) is 20.8 Å². The van der Waals surface area contributed by atoms with Crippen molar-refractivity contribution in [3.63, 3.8) is 0 Å². The third kappa shape index (κ3) is 6.88. The molecule has 2 atom stereocenters. The summed E-state index contributed by atoms with van der Waals surface area (Å²) in [5.41, 5.74) is 1.69. The second-order valence-corrected chi connectivity index (χ2v) is 14.0. The summed E-state index contributed by atoms with van der Waals surface area (Å²) in [4.78, 5) is 41.3. The quantitative estimate of drug-likeness (QED) is 0.188. The van der Waals surface area contributed by atoms with Crippen LogP contribution < -0.4 is 5.32 Å². The number of allylic oxidation sites excluding steroid dienone is 1. The maximum atomic E-state index is 14.0. The summed E-state index contributed by atoms with van der Waals surface area (Å²) in [7, 11) is 0. The molecule has 1 aromatic heterocycles. The van der Waals surface area contributed by atoms with Crippen LogP contribution in [0.25, 0.3) is 0 Å². The first-order chi connectivity index (χ1) is 20.1. The Labute approximate surface area is 256 Å². The van der Waals surface area contributed by atoms with E-state index in [0.717, 1.165) is 20.5 Å². The number of β-lactam (4-membered cyclic amide) rings is 1. The Bertz CT molecular complexity index is 1480. The SMILES string of the molecule is Cc1nnc(S/C=C/C2=C(C(=O)OC(c3ccccc3)c3ccccc3)N3C(=O)C(NC(=O)OC(C)(C)C)C3SC2)s1. The molecule has 2 aliphatic heterocycles. The zero-order valence-corrected chi connectivity index (χ0v) is 25.9. The van der Waals surface area contributed by atoms with Gasteiger partial charge >= 0.3 is 12.1 Å². The van der Waals surface area contributed by atoms with E-state index in [1.165, 1.54) is 39.8 Å². The number of carbonyl (C=O) groups is 3. The van der Waals surface area contributed by atoms with Gasteiger partial charge < -0.3 is 14.8 Å². The number of hydrogen-bond donors (Lipinski definition) is 1. The van der Waals surface area contributed by atoms with Crippen molar-refractivity contribution in [1.29, 1.82) is 0 Å². The van der Waals surface area contributed by atoms with Crippen LogP contribution in [0.2, 0.25) is 0 Å². The van der Waals surface area contributed by atoms with Gasteiger partial charge in [-0.1, -0.05) is 83.8 Å². The number of fused-ring (bicyclic) bond motifs is 1. The van der Waals surface area contributed by atoms with Gasteiger partial charge in [0, 0.05) is 5.75 Å². The minimum absolute atomic E-state index is 0.160. The molecule has 1 N–H and O–H groups in total. The van der Waals surface area contributed by atoms with Gasteiger partial charge in [0.1, 0.15) is 27.7 Å². The molecule has 2 aliphatic rings. The van der Waals surface area contributed by atoms with Crippen LogP contribution in [0.1, 0.15) is 43.0 Å². The average Bonchev–Trinajstić information content (AvgIpc) is 3.38. The van der Waals surface area contributed by atoms with E-state index in [4.69, 9.17) is 9.47 Å². The molecule has 0 aliphatic carbocycles. The number of benzene rings is 2. The number of rotatable bonds is 8. The summed E-state index contributed by atoms with van der Waals surface area (Å²) in [6.45, 7) is 7.14. The molecule has 42 heavy (non-hydrogen) atoms. The van der Waals surface area contributed by atoms with Crippen LogP contribution in [0.15, 0.2) is 87.8 Å². The van der Waals surface area contributed by atoms with Crippen LogP contribution in [0.4, 0.5) is 4.79 Å². The minimum atomic E-state index is -0.823. The number of nitrogens with one attached hydrogen (secondary N) is 1. The van der Waals surface area contributed by atoms with Gasteiger partial charge in [-0.05, 0) is 55.9 Å². The first-order valence-corrected chi connectivity index (χ1v) is 16.0. The molecule has 0 bridgehead atoms. The normalized spacial score (nSPS) is 18.6. The van der Waals surface area contributed by atoms with Gasteiger partial charge in [-0.15, -0.1) is 22.0 Å². The number of carbonyl (C=O) groups excluding carboxylic acids is 3. The number of alkyl carbamates (subject to hydrolysis) is 1. The summed E-state index contributed by atoms with van der Waals surface area (Å²) in [5.74, 6) is -0.600. The summed E-state index contributed by atoms with van der Waals surface area (Å²) in [5, 5.41) is 13.0. The molecule has 2 amide bonds. The van der Waals surface area contributed by atoms with Crippen LogP contribution >= 0.6 is 34.9 Å². The number of hydrogen-bond acceptors (Lipinski definition) is 10. The standard InChI is InChI=1S/C30H30N4O5S3/c1-18-32-33-29(42-18)40-16-15-21-17-41-26-22(31-28(37)39-30(2,3)4)25(35)34(26)23(21)27(36)38-24(19-11-7-5-8-12-19)20-13-9-6-10-14-20/h5-16,22,24,26H,17H2,1-4H3,(H,31,37)/b16-15+. The molecule has 218 valence electrons. The van der Waals surface area contributed by atoms with E-state index in [-0.39, 0.29) is 5.70 Å². The number of amides is 2. The van der Waals surface area contributed by atoms with Gasteiger partial charge in [0.05, 0.1) is 0 Å². The number of thioether (sulfide) groups is 2. The van der Waals surface area contributed by atoms with Crippen LogP contribution in [-0.4, -0.2) is 55.8 Å². The zero-order chi connectivity index (χ0) is 29.9. The molecule has 1 fully saturated rings. The topological polar surface area (TPSA) is 111 Å².